The summed E-state index contributed by atoms with van der Waals surface area (Å²) < 4.78 is 47.2. The number of halogens is 3. The van der Waals surface area contributed by atoms with Gasteiger partial charge >= 0.3 is 12.1 Å². The van der Waals surface area contributed by atoms with Crippen molar-refractivity contribution in [3.8, 4) is 0 Å². The van der Waals surface area contributed by atoms with Crippen molar-refractivity contribution in [1.29, 1.82) is 0 Å². The molecule has 0 spiro atoms. The maximum absolute atomic E-state index is 13.4. The highest BCUT2D eigenvalue weighted by molar-refractivity contribution is 5.89. The number of carbonyl (C=O) groups excluding carboxylic acids is 1. The zero-order valence-electron chi connectivity index (χ0n) is 14.8. The van der Waals surface area contributed by atoms with E-state index in [1.165, 1.54) is 42.5 Å². The highest BCUT2D eigenvalue weighted by Gasteiger charge is 2.35. The van der Waals surface area contributed by atoms with E-state index in [-0.39, 0.29) is 23.3 Å². The van der Waals surface area contributed by atoms with E-state index in [4.69, 9.17) is 0 Å². The molecule has 27 heavy (non-hydrogen) atoms. The molecule has 3 aromatic rings. The molecule has 0 aliphatic carbocycles. The summed E-state index contributed by atoms with van der Waals surface area (Å²) >= 11 is 0. The first-order valence-electron chi connectivity index (χ1n) is 7.95. The van der Waals surface area contributed by atoms with Crippen LogP contribution in [0.4, 0.5) is 13.2 Å². The number of carbonyl (C=O) groups is 1. The van der Waals surface area contributed by atoms with Crippen LogP contribution >= 0.6 is 0 Å². The number of ether oxygens (including phenoxy) is 1. The normalized spacial score (nSPS) is 11.8. The van der Waals surface area contributed by atoms with E-state index in [1.807, 2.05) is 0 Å². The Morgan fingerprint density at radius 2 is 1.85 bits per heavy atom. The van der Waals surface area contributed by atoms with Gasteiger partial charge < -0.3 is 4.74 Å². The maximum Gasteiger partial charge on any atom is 0.417 e. The van der Waals surface area contributed by atoms with Crippen LogP contribution < -0.4 is 5.56 Å². The second kappa shape index (κ2) is 6.57. The third kappa shape index (κ3) is 3.32. The largest absolute Gasteiger partial charge is 0.465 e. The van der Waals surface area contributed by atoms with Crippen LogP contribution in [0, 0.1) is 6.92 Å². The van der Waals surface area contributed by atoms with Gasteiger partial charge in [0.2, 0.25) is 0 Å². The summed E-state index contributed by atoms with van der Waals surface area (Å²) in [6.07, 6.45) is -4.66. The van der Waals surface area contributed by atoms with Gasteiger partial charge in [0, 0.05) is 13.1 Å². The third-order valence-electron chi connectivity index (χ3n) is 4.27. The van der Waals surface area contributed by atoms with Crippen LogP contribution in [0.2, 0.25) is 0 Å². The lowest BCUT2D eigenvalue weighted by Crippen LogP contribution is -2.25. The van der Waals surface area contributed by atoms with Crippen molar-refractivity contribution < 1.29 is 22.7 Å². The lowest BCUT2D eigenvalue weighted by atomic mass is 10.1. The summed E-state index contributed by atoms with van der Waals surface area (Å²) in [4.78, 5) is 23.9. The fourth-order valence-corrected chi connectivity index (χ4v) is 3.07. The minimum Gasteiger partial charge on any atom is -0.465 e. The molecule has 0 N–H and O–H groups in total. The predicted molar refractivity (Wildman–Crippen MR) is 91.6 cm³/mol. The van der Waals surface area contributed by atoms with Crippen molar-refractivity contribution in [1.82, 2.24) is 14.3 Å². The molecule has 1 aromatic carbocycles. The van der Waals surface area contributed by atoms with Crippen LogP contribution in [0.15, 0.2) is 35.1 Å². The molecular weight excluding hydrogens is 363 g/mol. The van der Waals surface area contributed by atoms with Crippen LogP contribution in [-0.4, -0.2) is 27.4 Å². The maximum atomic E-state index is 13.4. The standard InChI is InChI=1S/C18H16F3N3O3/c1-10-15-13(18(19,20)21)8-14(25)24(16(15)23(2)22-10)9-11-4-6-12(7-5-11)17(26)27-3/h4-8H,9H2,1-3H3. The number of benzene rings is 1. The zero-order valence-corrected chi connectivity index (χ0v) is 14.8. The Labute approximate surface area is 151 Å². The van der Waals surface area contributed by atoms with Crippen LogP contribution in [0.3, 0.4) is 0 Å². The van der Waals surface area contributed by atoms with E-state index < -0.39 is 23.3 Å². The van der Waals surface area contributed by atoms with Gasteiger partial charge in [0.15, 0.2) is 0 Å². The Morgan fingerprint density at radius 3 is 2.41 bits per heavy atom. The SMILES string of the molecule is COC(=O)c1ccc(Cn2c(=O)cc(C(F)(F)F)c3c(C)nn(C)c32)cc1. The monoisotopic (exact) mass is 379 g/mol. The third-order valence-corrected chi connectivity index (χ3v) is 4.27. The molecule has 2 heterocycles. The Morgan fingerprint density at radius 1 is 1.22 bits per heavy atom. The molecule has 142 valence electrons. The van der Waals surface area contributed by atoms with E-state index in [0.29, 0.717) is 17.2 Å². The van der Waals surface area contributed by atoms with Crippen LogP contribution in [0.1, 0.15) is 27.2 Å². The second-order valence-electron chi connectivity index (χ2n) is 6.08. The first kappa shape index (κ1) is 18.7. The summed E-state index contributed by atoms with van der Waals surface area (Å²) in [5.41, 5.74) is -0.522. The Balaban J connectivity index is 2.14. The fourth-order valence-electron chi connectivity index (χ4n) is 3.07. The smallest absolute Gasteiger partial charge is 0.417 e. The molecular formula is C18H16F3N3O3. The first-order valence-corrected chi connectivity index (χ1v) is 7.95. The quantitative estimate of drug-likeness (QED) is 0.657. The minimum absolute atomic E-state index is 0.0356. The topological polar surface area (TPSA) is 66.1 Å². The van der Waals surface area contributed by atoms with Crippen LogP contribution in [0.25, 0.3) is 11.0 Å². The molecule has 0 aliphatic rings. The van der Waals surface area contributed by atoms with Gasteiger partial charge in [0.1, 0.15) is 5.65 Å². The summed E-state index contributed by atoms with van der Waals surface area (Å²) in [5.74, 6) is -0.502. The second-order valence-corrected chi connectivity index (χ2v) is 6.08. The molecule has 2 aromatic heterocycles. The zero-order chi connectivity index (χ0) is 19.9. The fraction of sp³-hybridized carbons (Fsp3) is 0.278. The number of esters is 1. The van der Waals surface area contributed by atoms with Gasteiger partial charge in [-0.2, -0.15) is 18.3 Å². The molecule has 0 radical (unpaired) electrons. The van der Waals surface area contributed by atoms with E-state index in [0.717, 1.165) is 0 Å². The molecule has 3 rings (SSSR count). The highest BCUT2D eigenvalue weighted by atomic mass is 19.4. The molecule has 9 heteroatoms. The molecule has 0 saturated heterocycles. The Bertz CT molecular complexity index is 1080. The van der Waals surface area contributed by atoms with Gasteiger partial charge in [-0.15, -0.1) is 0 Å². The van der Waals surface area contributed by atoms with Gasteiger partial charge in [-0.1, -0.05) is 12.1 Å². The Kier molecular flexibility index (Phi) is 4.54. The van der Waals surface area contributed by atoms with Crippen molar-refractivity contribution in [2.45, 2.75) is 19.6 Å². The number of nitrogens with zero attached hydrogens (tertiary/aromatic N) is 3. The molecule has 6 nitrogen and oxygen atoms in total. The number of pyridine rings is 1. The number of hydrogen-bond acceptors (Lipinski definition) is 4. The van der Waals surface area contributed by atoms with E-state index in [9.17, 15) is 22.8 Å². The van der Waals surface area contributed by atoms with Gasteiger partial charge in [-0.3, -0.25) is 14.0 Å². The molecule has 0 unspecified atom stereocenters. The lowest BCUT2D eigenvalue weighted by molar-refractivity contribution is -0.136. The molecule has 0 aliphatic heterocycles. The number of aryl methyl sites for hydroxylation is 2. The van der Waals surface area contributed by atoms with Gasteiger partial charge in [-0.05, 0) is 24.6 Å². The average Bonchev–Trinajstić information content (AvgIpc) is 2.90. The van der Waals surface area contributed by atoms with Crippen molar-refractivity contribution >= 4 is 17.0 Å². The number of aromatic nitrogens is 3. The van der Waals surface area contributed by atoms with Gasteiger partial charge in [0.05, 0.1) is 35.9 Å². The van der Waals surface area contributed by atoms with E-state index >= 15 is 0 Å². The molecule has 0 amide bonds. The minimum atomic E-state index is -4.66. The van der Waals surface area contributed by atoms with Crippen molar-refractivity contribution in [2.24, 2.45) is 7.05 Å². The summed E-state index contributed by atoms with van der Waals surface area (Å²) in [6.45, 7) is 1.51. The Hall–Kier alpha value is -3.10. The number of hydrogen-bond donors (Lipinski definition) is 0. The number of fused-ring (bicyclic) bond motifs is 1. The average molecular weight is 379 g/mol. The van der Waals surface area contributed by atoms with Crippen molar-refractivity contribution in [3.05, 3.63) is 63.1 Å². The summed E-state index contributed by atoms with van der Waals surface area (Å²) in [7, 11) is 2.76. The number of methoxy groups -OCH3 is 1. The van der Waals surface area contributed by atoms with Crippen LogP contribution in [-0.2, 0) is 24.5 Å². The molecule has 0 bridgehead atoms. The summed E-state index contributed by atoms with van der Waals surface area (Å²) in [6, 6.07) is 6.89. The van der Waals surface area contributed by atoms with Crippen molar-refractivity contribution in [2.75, 3.05) is 7.11 Å². The first-order chi connectivity index (χ1) is 12.6. The predicted octanol–water partition coefficient (Wildman–Crippen LogP) is 2.90. The molecule has 0 atom stereocenters. The van der Waals surface area contributed by atoms with Crippen LogP contribution in [0.5, 0.6) is 0 Å². The van der Waals surface area contributed by atoms with Gasteiger partial charge in [-0.25, -0.2) is 4.79 Å². The molecule has 0 saturated carbocycles. The van der Waals surface area contributed by atoms with E-state index in [1.54, 1.807) is 12.1 Å². The van der Waals surface area contributed by atoms with Gasteiger partial charge in [0.25, 0.3) is 5.56 Å². The highest BCUT2D eigenvalue weighted by Crippen LogP contribution is 2.35. The lowest BCUT2D eigenvalue weighted by Gasteiger charge is -2.14. The molecule has 0 fully saturated rings. The number of rotatable bonds is 3. The van der Waals surface area contributed by atoms with Crippen molar-refractivity contribution in [3.63, 3.8) is 0 Å². The number of alkyl halides is 3. The summed E-state index contributed by atoms with van der Waals surface area (Å²) in [5, 5.41) is 3.95. The van der Waals surface area contributed by atoms with E-state index in [2.05, 4.69) is 9.84 Å².